The molecule has 0 bridgehead atoms. The number of anilines is 1. The summed E-state index contributed by atoms with van der Waals surface area (Å²) < 4.78 is 10.9. The number of aromatic nitrogens is 2. The van der Waals surface area contributed by atoms with Crippen LogP contribution in [0.2, 0.25) is 0 Å². The summed E-state index contributed by atoms with van der Waals surface area (Å²) >= 11 is 0. The zero-order valence-corrected chi connectivity index (χ0v) is 13.3. The average Bonchev–Trinajstić information content (AvgIpc) is 2.95. The van der Waals surface area contributed by atoms with Crippen LogP contribution in [0, 0.1) is 11.3 Å². The van der Waals surface area contributed by atoms with Crippen LogP contribution in [0.5, 0.6) is 5.75 Å². The maximum Gasteiger partial charge on any atom is 0.245 e. The molecule has 0 radical (unpaired) electrons. The van der Waals surface area contributed by atoms with Gasteiger partial charge in [-0.3, -0.25) is 0 Å². The molecule has 0 aliphatic carbocycles. The second-order valence-corrected chi connectivity index (χ2v) is 5.54. The van der Waals surface area contributed by atoms with Gasteiger partial charge in [0, 0.05) is 5.92 Å². The SMILES string of the molecule is CC(C)Oc1ccc(C#N)cc1NCc1nc(C(C)C)no1. The van der Waals surface area contributed by atoms with Crippen molar-refractivity contribution in [3.05, 3.63) is 35.5 Å². The first-order valence-corrected chi connectivity index (χ1v) is 7.26. The highest BCUT2D eigenvalue weighted by Crippen LogP contribution is 2.27. The van der Waals surface area contributed by atoms with Crippen molar-refractivity contribution < 1.29 is 9.26 Å². The Morgan fingerprint density at radius 1 is 1.32 bits per heavy atom. The smallest absolute Gasteiger partial charge is 0.245 e. The van der Waals surface area contributed by atoms with Crippen LogP contribution in [0.15, 0.2) is 22.7 Å². The summed E-state index contributed by atoms with van der Waals surface area (Å²) in [7, 11) is 0. The molecule has 2 rings (SSSR count). The van der Waals surface area contributed by atoms with Crippen molar-refractivity contribution in [1.29, 1.82) is 5.26 Å². The van der Waals surface area contributed by atoms with Gasteiger partial charge in [-0.1, -0.05) is 19.0 Å². The molecule has 6 nitrogen and oxygen atoms in total. The molecule has 1 aromatic heterocycles. The van der Waals surface area contributed by atoms with Crippen molar-refractivity contribution in [2.75, 3.05) is 5.32 Å². The summed E-state index contributed by atoms with van der Waals surface area (Å²) in [5.41, 5.74) is 1.30. The molecule has 0 amide bonds. The zero-order valence-electron chi connectivity index (χ0n) is 13.3. The van der Waals surface area contributed by atoms with Crippen LogP contribution >= 0.6 is 0 Å². The molecular weight excluding hydrogens is 280 g/mol. The van der Waals surface area contributed by atoms with E-state index in [2.05, 4.69) is 21.5 Å². The van der Waals surface area contributed by atoms with E-state index in [9.17, 15) is 0 Å². The molecule has 0 saturated heterocycles. The summed E-state index contributed by atoms with van der Waals surface area (Å²) in [6.45, 7) is 8.30. The normalized spacial score (nSPS) is 10.8. The molecule has 0 aliphatic rings. The van der Waals surface area contributed by atoms with Crippen LogP contribution in [-0.2, 0) is 6.54 Å². The number of nitrogens with zero attached hydrogens (tertiary/aromatic N) is 3. The van der Waals surface area contributed by atoms with Crippen LogP contribution in [-0.4, -0.2) is 16.2 Å². The largest absolute Gasteiger partial charge is 0.489 e. The van der Waals surface area contributed by atoms with Gasteiger partial charge >= 0.3 is 0 Å². The lowest BCUT2D eigenvalue weighted by molar-refractivity contribution is 0.243. The van der Waals surface area contributed by atoms with Crippen LogP contribution in [0.1, 0.15) is 50.9 Å². The summed E-state index contributed by atoms with van der Waals surface area (Å²) in [5.74, 6) is 2.10. The Morgan fingerprint density at radius 2 is 2.09 bits per heavy atom. The quantitative estimate of drug-likeness (QED) is 0.879. The lowest BCUT2D eigenvalue weighted by atomic mass is 10.2. The Hall–Kier alpha value is -2.55. The number of ether oxygens (including phenoxy) is 1. The van der Waals surface area contributed by atoms with Crippen molar-refractivity contribution >= 4 is 5.69 Å². The number of hydrogen-bond donors (Lipinski definition) is 1. The van der Waals surface area contributed by atoms with E-state index in [0.717, 1.165) is 5.69 Å². The van der Waals surface area contributed by atoms with E-state index < -0.39 is 0 Å². The van der Waals surface area contributed by atoms with Crippen molar-refractivity contribution in [2.24, 2.45) is 0 Å². The van der Waals surface area contributed by atoms with Crippen molar-refractivity contribution in [3.8, 4) is 11.8 Å². The summed E-state index contributed by atoms with van der Waals surface area (Å²) in [6.07, 6.45) is 0.0458. The topological polar surface area (TPSA) is 84.0 Å². The predicted octanol–water partition coefficient (Wildman–Crippen LogP) is 3.46. The predicted molar refractivity (Wildman–Crippen MR) is 82.6 cm³/mol. The van der Waals surface area contributed by atoms with Crippen LogP contribution in [0.3, 0.4) is 0 Å². The van der Waals surface area contributed by atoms with E-state index in [-0.39, 0.29) is 12.0 Å². The number of hydrogen-bond acceptors (Lipinski definition) is 6. The third kappa shape index (κ3) is 3.98. The van der Waals surface area contributed by atoms with E-state index in [4.69, 9.17) is 14.5 Å². The fraction of sp³-hybridized carbons (Fsp3) is 0.438. The molecule has 1 N–H and O–H groups in total. The van der Waals surface area contributed by atoms with Crippen molar-refractivity contribution in [1.82, 2.24) is 10.1 Å². The maximum absolute atomic E-state index is 9.03. The maximum atomic E-state index is 9.03. The minimum Gasteiger partial charge on any atom is -0.489 e. The van der Waals surface area contributed by atoms with E-state index in [1.165, 1.54) is 0 Å². The second-order valence-electron chi connectivity index (χ2n) is 5.54. The Morgan fingerprint density at radius 3 is 2.68 bits per heavy atom. The number of nitrogens with one attached hydrogen (secondary N) is 1. The molecule has 116 valence electrons. The molecule has 1 aromatic carbocycles. The molecule has 0 fully saturated rings. The van der Waals surface area contributed by atoms with Gasteiger partial charge in [-0.25, -0.2) is 0 Å². The van der Waals surface area contributed by atoms with Gasteiger partial charge in [0.15, 0.2) is 5.82 Å². The van der Waals surface area contributed by atoms with Gasteiger partial charge in [-0.05, 0) is 32.0 Å². The van der Waals surface area contributed by atoms with Crippen LogP contribution in [0.4, 0.5) is 5.69 Å². The van der Waals surface area contributed by atoms with Gasteiger partial charge in [-0.2, -0.15) is 10.2 Å². The van der Waals surface area contributed by atoms with E-state index in [1.54, 1.807) is 18.2 Å². The van der Waals surface area contributed by atoms with Crippen molar-refractivity contribution in [2.45, 2.75) is 46.3 Å². The lowest BCUT2D eigenvalue weighted by Crippen LogP contribution is -2.09. The number of nitriles is 1. The summed E-state index contributed by atoms with van der Waals surface area (Å²) in [4.78, 5) is 4.31. The lowest BCUT2D eigenvalue weighted by Gasteiger charge is -2.15. The third-order valence-corrected chi connectivity index (χ3v) is 2.90. The fourth-order valence-corrected chi connectivity index (χ4v) is 1.84. The standard InChI is InChI=1S/C16H20N4O2/c1-10(2)16-19-15(22-20-16)9-18-13-7-12(8-17)5-6-14(13)21-11(3)4/h5-7,10-11,18H,9H2,1-4H3. The molecule has 0 atom stereocenters. The molecule has 0 spiro atoms. The van der Waals surface area contributed by atoms with Gasteiger partial charge in [0.1, 0.15) is 5.75 Å². The molecule has 0 aliphatic heterocycles. The highest BCUT2D eigenvalue weighted by atomic mass is 16.5. The molecule has 22 heavy (non-hydrogen) atoms. The molecular formula is C16H20N4O2. The Bertz CT molecular complexity index is 671. The summed E-state index contributed by atoms with van der Waals surface area (Å²) in [5, 5.41) is 16.1. The van der Waals surface area contributed by atoms with Gasteiger partial charge in [0.2, 0.25) is 5.89 Å². The summed E-state index contributed by atoms with van der Waals surface area (Å²) in [6, 6.07) is 7.38. The van der Waals surface area contributed by atoms with Gasteiger partial charge in [-0.15, -0.1) is 0 Å². The number of rotatable bonds is 6. The second kappa shape index (κ2) is 6.94. The first-order chi connectivity index (χ1) is 10.5. The van der Waals surface area contributed by atoms with E-state index in [0.29, 0.717) is 29.6 Å². The number of benzene rings is 1. The van der Waals surface area contributed by atoms with E-state index in [1.807, 2.05) is 27.7 Å². The molecule has 2 aromatic rings. The van der Waals surface area contributed by atoms with Crippen LogP contribution < -0.4 is 10.1 Å². The molecule has 0 saturated carbocycles. The highest BCUT2D eigenvalue weighted by Gasteiger charge is 2.11. The first kappa shape index (κ1) is 15.8. The molecule has 6 heteroatoms. The Kier molecular flexibility index (Phi) is 4.99. The minimum atomic E-state index is 0.0458. The Balaban J connectivity index is 2.14. The van der Waals surface area contributed by atoms with Gasteiger partial charge in [0.05, 0.1) is 30.0 Å². The molecule has 0 unspecified atom stereocenters. The monoisotopic (exact) mass is 300 g/mol. The first-order valence-electron chi connectivity index (χ1n) is 7.26. The third-order valence-electron chi connectivity index (χ3n) is 2.90. The van der Waals surface area contributed by atoms with E-state index >= 15 is 0 Å². The fourth-order valence-electron chi connectivity index (χ4n) is 1.84. The minimum absolute atomic E-state index is 0.0458. The Labute approximate surface area is 130 Å². The van der Waals surface area contributed by atoms with Gasteiger partial charge < -0.3 is 14.6 Å². The zero-order chi connectivity index (χ0) is 16.1. The van der Waals surface area contributed by atoms with Crippen LogP contribution in [0.25, 0.3) is 0 Å². The van der Waals surface area contributed by atoms with Gasteiger partial charge in [0.25, 0.3) is 0 Å². The average molecular weight is 300 g/mol. The molecule has 1 heterocycles. The van der Waals surface area contributed by atoms with Crippen molar-refractivity contribution in [3.63, 3.8) is 0 Å². The highest BCUT2D eigenvalue weighted by molar-refractivity contribution is 5.60.